The van der Waals surface area contributed by atoms with Crippen molar-refractivity contribution in [2.45, 2.75) is 33.2 Å². The van der Waals surface area contributed by atoms with E-state index in [9.17, 15) is 9.59 Å². The third kappa shape index (κ3) is 4.37. The van der Waals surface area contributed by atoms with Crippen LogP contribution in [0.25, 0.3) is 11.5 Å². The Morgan fingerprint density at radius 3 is 2.56 bits per heavy atom. The van der Waals surface area contributed by atoms with Crippen LogP contribution in [0.2, 0.25) is 0 Å². The zero-order chi connectivity index (χ0) is 22.7. The molecule has 1 N–H and O–H groups in total. The largest absolute Gasteiger partial charge is 0.334 e. The number of amides is 1. The van der Waals surface area contributed by atoms with Crippen LogP contribution in [-0.4, -0.2) is 20.6 Å². The Hall–Kier alpha value is -4.00. The summed E-state index contributed by atoms with van der Waals surface area (Å²) in [5, 5.41) is 6.90. The van der Waals surface area contributed by atoms with Crippen molar-refractivity contribution in [3.8, 4) is 11.5 Å². The van der Waals surface area contributed by atoms with Gasteiger partial charge in [-0.25, -0.2) is 0 Å². The first-order valence-electron chi connectivity index (χ1n) is 10.4. The van der Waals surface area contributed by atoms with Gasteiger partial charge in [-0.3, -0.25) is 9.59 Å². The average Bonchev–Trinajstić information content (AvgIpc) is 3.28. The topological polar surface area (TPSA) is 90.0 Å². The number of para-hydroxylation sites is 1. The van der Waals surface area contributed by atoms with Crippen LogP contribution in [0.1, 0.15) is 47.1 Å². The summed E-state index contributed by atoms with van der Waals surface area (Å²) in [5.41, 5.74) is 2.65. The molecule has 162 valence electrons. The second kappa shape index (κ2) is 9.01. The van der Waals surface area contributed by atoms with Gasteiger partial charge in [0.15, 0.2) is 5.82 Å². The molecule has 0 saturated heterocycles. The van der Waals surface area contributed by atoms with Crippen molar-refractivity contribution in [2.24, 2.45) is 0 Å². The zero-order valence-electron chi connectivity index (χ0n) is 18.2. The summed E-state index contributed by atoms with van der Waals surface area (Å²) in [7, 11) is 0. The Morgan fingerprint density at radius 1 is 1.06 bits per heavy atom. The summed E-state index contributed by atoms with van der Waals surface area (Å²) in [6, 6.07) is 18.4. The molecule has 2 aromatic heterocycles. The maximum absolute atomic E-state index is 13.1. The van der Waals surface area contributed by atoms with Crippen LogP contribution in [0, 0.1) is 6.92 Å². The number of hydrogen-bond acceptors (Lipinski definition) is 5. The molecule has 0 aliphatic rings. The third-order valence-corrected chi connectivity index (χ3v) is 5.16. The van der Waals surface area contributed by atoms with Gasteiger partial charge in [-0.05, 0) is 36.2 Å². The SMILES string of the molecule is Cc1cccc(-c2nc(C(C)C)no2)c1NC(=O)c1cccn(Cc2ccccc2)c1=O. The molecule has 0 aliphatic heterocycles. The van der Waals surface area contributed by atoms with Gasteiger partial charge in [-0.2, -0.15) is 4.98 Å². The molecule has 4 rings (SSSR count). The lowest BCUT2D eigenvalue weighted by Crippen LogP contribution is -2.29. The summed E-state index contributed by atoms with van der Waals surface area (Å²) in [6.45, 7) is 6.21. The lowest BCUT2D eigenvalue weighted by Gasteiger charge is -2.13. The van der Waals surface area contributed by atoms with Crippen molar-refractivity contribution in [1.82, 2.24) is 14.7 Å². The number of nitrogens with one attached hydrogen (secondary N) is 1. The van der Waals surface area contributed by atoms with Gasteiger partial charge in [0, 0.05) is 12.1 Å². The van der Waals surface area contributed by atoms with E-state index in [0.717, 1.165) is 11.1 Å². The van der Waals surface area contributed by atoms with E-state index in [4.69, 9.17) is 4.52 Å². The van der Waals surface area contributed by atoms with Crippen molar-refractivity contribution < 1.29 is 9.32 Å². The molecule has 0 aliphatic carbocycles. The molecule has 7 heteroatoms. The van der Waals surface area contributed by atoms with Crippen LogP contribution in [-0.2, 0) is 6.54 Å². The maximum Gasteiger partial charge on any atom is 0.263 e. The Labute approximate surface area is 185 Å². The molecule has 0 saturated carbocycles. The van der Waals surface area contributed by atoms with Gasteiger partial charge in [0.2, 0.25) is 0 Å². The molecule has 0 fully saturated rings. The highest BCUT2D eigenvalue weighted by Gasteiger charge is 2.20. The van der Waals surface area contributed by atoms with Gasteiger partial charge >= 0.3 is 0 Å². The van der Waals surface area contributed by atoms with Crippen LogP contribution in [0.3, 0.4) is 0 Å². The van der Waals surface area contributed by atoms with Crippen molar-refractivity contribution in [1.29, 1.82) is 0 Å². The van der Waals surface area contributed by atoms with Crippen molar-refractivity contribution in [2.75, 3.05) is 5.32 Å². The molecule has 32 heavy (non-hydrogen) atoms. The summed E-state index contributed by atoms with van der Waals surface area (Å²) < 4.78 is 6.95. The minimum Gasteiger partial charge on any atom is -0.334 e. The number of rotatable bonds is 6. The highest BCUT2D eigenvalue weighted by molar-refractivity contribution is 6.06. The Balaban J connectivity index is 1.65. The smallest absolute Gasteiger partial charge is 0.263 e. The van der Waals surface area contributed by atoms with Crippen LogP contribution < -0.4 is 10.9 Å². The van der Waals surface area contributed by atoms with E-state index in [2.05, 4.69) is 15.5 Å². The minimum absolute atomic E-state index is 0.0611. The molecule has 0 spiro atoms. The molecule has 2 aromatic carbocycles. The maximum atomic E-state index is 13.1. The van der Waals surface area contributed by atoms with E-state index in [1.807, 2.05) is 63.2 Å². The highest BCUT2D eigenvalue weighted by Crippen LogP contribution is 2.30. The molecule has 2 heterocycles. The van der Waals surface area contributed by atoms with Crippen molar-refractivity contribution in [3.63, 3.8) is 0 Å². The molecule has 0 radical (unpaired) electrons. The fourth-order valence-corrected chi connectivity index (χ4v) is 3.39. The lowest BCUT2D eigenvalue weighted by atomic mass is 10.1. The number of aryl methyl sites for hydroxylation is 1. The second-order valence-electron chi connectivity index (χ2n) is 7.90. The number of hydrogen-bond donors (Lipinski definition) is 1. The highest BCUT2D eigenvalue weighted by atomic mass is 16.5. The number of nitrogens with zero attached hydrogens (tertiary/aromatic N) is 3. The van der Waals surface area contributed by atoms with E-state index in [1.54, 1.807) is 18.3 Å². The first kappa shape index (κ1) is 21.2. The fraction of sp³-hybridized carbons (Fsp3) is 0.200. The van der Waals surface area contributed by atoms with E-state index >= 15 is 0 Å². The number of aromatic nitrogens is 3. The predicted molar refractivity (Wildman–Crippen MR) is 123 cm³/mol. The lowest BCUT2D eigenvalue weighted by molar-refractivity contribution is 0.102. The number of carbonyl (C=O) groups excluding carboxylic acids is 1. The third-order valence-electron chi connectivity index (χ3n) is 5.16. The fourth-order valence-electron chi connectivity index (χ4n) is 3.39. The van der Waals surface area contributed by atoms with Gasteiger partial charge in [0.25, 0.3) is 17.4 Å². The molecule has 7 nitrogen and oxygen atoms in total. The van der Waals surface area contributed by atoms with Crippen LogP contribution >= 0.6 is 0 Å². The second-order valence-corrected chi connectivity index (χ2v) is 7.90. The molecule has 0 unspecified atom stereocenters. The van der Waals surface area contributed by atoms with E-state index in [0.29, 0.717) is 29.5 Å². The number of anilines is 1. The Bertz CT molecular complexity index is 1310. The average molecular weight is 428 g/mol. The number of benzene rings is 2. The van der Waals surface area contributed by atoms with Crippen molar-refractivity contribution >= 4 is 11.6 Å². The van der Waals surface area contributed by atoms with Crippen LogP contribution in [0.15, 0.2) is 76.2 Å². The molecular weight excluding hydrogens is 404 g/mol. The quantitative estimate of drug-likeness (QED) is 0.484. The summed E-state index contributed by atoms with van der Waals surface area (Å²) in [5.74, 6) is 0.534. The molecule has 4 aromatic rings. The predicted octanol–water partition coefficient (Wildman–Crippen LogP) is 4.63. The normalized spacial score (nSPS) is 11.0. The van der Waals surface area contributed by atoms with Crippen LogP contribution in [0.4, 0.5) is 5.69 Å². The monoisotopic (exact) mass is 428 g/mol. The molecular formula is C25H24N4O3. The van der Waals surface area contributed by atoms with E-state index in [1.165, 1.54) is 10.6 Å². The molecule has 0 atom stereocenters. The first-order chi connectivity index (χ1) is 15.4. The minimum atomic E-state index is -0.489. The Morgan fingerprint density at radius 2 is 1.84 bits per heavy atom. The van der Waals surface area contributed by atoms with Gasteiger partial charge < -0.3 is 14.4 Å². The summed E-state index contributed by atoms with van der Waals surface area (Å²) in [4.78, 5) is 30.5. The number of pyridine rings is 1. The Kier molecular flexibility index (Phi) is 5.98. The van der Waals surface area contributed by atoms with Gasteiger partial charge in [-0.15, -0.1) is 0 Å². The van der Waals surface area contributed by atoms with Gasteiger partial charge in [0.05, 0.1) is 17.8 Å². The zero-order valence-corrected chi connectivity index (χ0v) is 18.2. The van der Waals surface area contributed by atoms with E-state index < -0.39 is 5.91 Å². The molecule has 1 amide bonds. The molecule has 0 bridgehead atoms. The van der Waals surface area contributed by atoms with E-state index in [-0.39, 0.29) is 17.0 Å². The number of carbonyl (C=O) groups is 1. The standard InChI is InChI=1S/C25H24N4O3/c1-16(2)22-27-24(32-28-22)19-12-7-9-17(3)21(19)26-23(30)20-13-8-14-29(25(20)31)15-18-10-5-4-6-11-18/h4-14,16H,15H2,1-3H3,(H,26,30). The van der Waals surface area contributed by atoms with Crippen molar-refractivity contribution in [3.05, 3.63) is 99.7 Å². The first-order valence-corrected chi connectivity index (χ1v) is 10.4. The summed E-state index contributed by atoms with van der Waals surface area (Å²) >= 11 is 0. The van der Waals surface area contributed by atoms with Gasteiger partial charge in [0.1, 0.15) is 5.56 Å². The summed E-state index contributed by atoms with van der Waals surface area (Å²) in [6.07, 6.45) is 1.68. The van der Waals surface area contributed by atoms with Crippen LogP contribution in [0.5, 0.6) is 0 Å². The van der Waals surface area contributed by atoms with Gasteiger partial charge in [-0.1, -0.05) is 61.5 Å².